The number of amides is 1. The SMILES string of the molecule is O=C(C1=COCCO1)N1CCC(CO)C1. The lowest BCUT2D eigenvalue weighted by Gasteiger charge is -2.20. The van der Waals surface area contributed by atoms with Crippen LogP contribution < -0.4 is 0 Å². The lowest BCUT2D eigenvalue weighted by atomic mass is 10.1. The zero-order valence-corrected chi connectivity index (χ0v) is 8.52. The molecule has 1 N–H and O–H groups in total. The number of hydrogen-bond donors (Lipinski definition) is 1. The summed E-state index contributed by atoms with van der Waals surface area (Å²) < 4.78 is 10.2. The quantitative estimate of drug-likeness (QED) is 0.685. The van der Waals surface area contributed by atoms with E-state index in [1.165, 1.54) is 6.26 Å². The molecule has 84 valence electrons. The van der Waals surface area contributed by atoms with Gasteiger partial charge >= 0.3 is 0 Å². The second kappa shape index (κ2) is 4.53. The maximum absolute atomic E-state index is 11.8. The molecule has 0 aromatic rings. The first-order valence-corrected chi connectivity index (χ1v) is 5.16. The van der Waals surface area contributed by atoms with Crippen LogP contribution in [0.3, 0.4) is 0 Å². The number of aliphatic hydroxyl groups excluding tert-OH is 1. The van der Waals surface area contributed by atoms with E-state index in [0.717, 1.165) is 6.42 Å². The molecule has 0 aliphatic carbocycles. The molecule has 0 radical (unpaired) electrons. The molecule has 1 unspecified atom stereocenters. The van der Waals surface area contributed by atoms with Crippen molar-refractivity contribution in [3.8, 4) is 0 Å². The fourth-order valence-corrected chi connectivity index (χ4v) is 1.80. The maximum atomic E-state index is 11.8. The van der Waals surface area contributed by atoms with Crippen molar-refractivity contribution in [2.45, 2.75) is 6.42 Å². The Morgan fingerprint density at radius 3 is 3.07 bits per heavy atom. The third kappa shape index (κ3) is 2.23. The Kier molecular flexibility index (Phi) is 3.11. The van der Waals surface area contributed by atoms with E-state index < -0.39 is 0 Å². The van der Waals surface area contributed by atoms with Crippen LogP contribution >= 0.6 is 0 Å². The minimum Gasteiger partial charge on any atom is -0.494 e. The van der Waals surface area contributed by atoms with Gasteiger partial charge in [-0.2, -0.15) is 0 Å². The van der Waals surface area contributed by atoms with Gasteiger partial charge in [0.15, 0.2) is 0 Å². The molecule has 0 saturated carbocycles. The molecule has 0 bridgehead atoms. The molecule has 5 nitrogen and oxygen atoms in total. The molecule has 2 aliphatic rings. The largest absolute Gasteiger partial charge is 0.494 e. The summed E-state index contributed by atoms with van der Waals surface area (Å²) in [6.45, 7) is 2.35. The molecule has 0 aromatic heterocycles. The number of hydrogen-bond acceptors (Lipinski definition) is 4. The number of rotatable bonds is 2. The van der Waals surface area contributed by atoms with Gasteiger partial charge in [0.05, 0.1) is 0 Å². The van der Waals surface area contributed by atoms with Crippen molar-refractivity contribution in [3.63, 3.8) is 0 Å². The van der Waals surface area contributed by atoms with Crippen LogP contribution in [0, 0.1) is 5.92 Å². The highest BCUT2D eigenvalue weighted by Gasteiger charge is 2.29. The first-order chi connectivity index (χ1) is 7.31. The number of nitrogens with zero attached hydrogens (tertiary/aromatic N) is 1. The number of likely N-dealkylation sites (tertiary alicyclic amines) is 1. The molecule has 0 spiro atoms. The van der Waals surface area contributed by atoms with E-state index in [0.29, 0.717) is 26.3 Å². The topological polar surface area (TPSA) is 59.0 Å². The minimum absolute atomic E-state index is 0.134. The van der Waals surface area contributed by atoms with Crippen LogP contribution in [0.15, 0.2) is 12.0 Å². The van der Waals surface area contributed by atoms with Crippen molar-refractivity contribution in [2.75, 3.05) is 32.9 Å². The van der Waals surface area contributed by atoms with Gasteiger partial charge in [-0.3, -0.25) is 4.79 Å². The Morgan fingerprint density at radius 1 is 1.60 bits per heavy atom. The van der Waals surface area contributed by atoms with Gasteiger partial charge in [-0.1, -0.05) is 0 Å². The Hall–Kier alpha value is -1.23. The fourth-order valence-electron chi connectivity index (χ4n) is 1.80. The lowest BCUT2D eigenvalue weighted by molar-refractivity contribution is -0.131. The summed E-state index contributed by atoms with van der Waals surface area (Å²) in [6, 6.07) is 0. The number of ether oxygens (including phenoxy) is 2. The van der Waals surface area contributed by atoms with Crippen LogP contribution in [0.5, 0.6) is 0 Å². The summed E-state index contributed by atoms with van der Waals surface area (Å²) in [5, 5.41) is 8.97. The van der Waals surface area contributed by atoms with E-state index in [9.17, 15) is 4.79 Å². The first kappa shape index (κ1) is 10.3. The van der Waals surface area contributed by atoms with Crippen molar-refractivity contribution in [2.24, 2.45) is 5.92 Å². The molecule has 2 heterocycles. The Bertz CT molecular complexity index is 277. The van der Waals surface area contributed by atoms with Crippen molar-refractivity contribution in [1.29, 1.82) is 0 Å². The van der Waals surface area contributed by atoms with Gasteiger partial charge in [0, 0.05) is 25.6 Å². The van der Waals surface area contributed by atoms with E-state index in [-0.39, 0.29) is 24.2 Å². The van der Waals surface area contributed by atoms with E-state index in [1.54, 1.807) is 4.90 Å². The molecular formula is C10H15NO4. The molecule has 0 aromatic carbocycles. The normalized spacial score (nSPS) is 25.5. The predicted molar refractivity (Wildman–Crippen MR) is 51.8 cm³/mol. The minimum atomic E-state index is -0.134. The van der Waals surface area contributed by atoms with Gasteiger partial charge < -0.3 is 19.5 Å². The molecular weight excluding hydrogens is 198 g/mol. The molecule has 15 heavy (non-hydrogen) atoms. The smallest absolute Gasteiger partial charge is 0.292 e. The zero-order chi connectivity index (χ0) is 10.7. The average Bonchev–Trinajstić information content (AvgIpc) is 2.78. The highest BCUT2D eigenvalue weighted by Crippen LogP contribution is 2.18. The second-order valence-corrected chi connectivity index (χ2v) is 3.79. The standard InChI is InChI=1S/C10H15NO4/c12-6-8-1-2-11(5-8)10(13)9-7-14-3-4-15-9/h7-8,12H,1-6H2. The van der Waals surface area contributed by atoms with Crippen LogP contribution in [0.4, 0.5) is 0 Å². The first-order valence-electron chi connectivity index (χ1n) is 5.16. The van der Waals surface area contributed by atoms with Crippen LogP contribution in [0.1, 0.15) is 6.42 Å². The van der Waals surface area contributed by atoms with Crippen LogP contribution in [0.2, 0.25) is 0 Å². The summed E-state index contributed by atoms with van der Waals surface area (Å²) in [5.41, 5.74) is 0. The van der Waals surface area contributed by atoms with Gasteiger partial charge in [0.1, 0.15) is 19.5 Å². The summed E-state index contributed by atoms with van der Waals surface area (Å²) >= 11 is 0. The summed E-state index contributed by atoms with van der Waals surface area (Å²) in [4.78, 5) is 13.5. The molecule has 2 rings (SSSR count). The van der Waals surface area contributed by atoms with E-state index in [2.05, 4.69) is 0 Å². The molecule has 1 amide bonds. The van der Waals surface area contributed by atoms with E-state index in [1.807, 2.05) is 0 Å². The van der Waals surface area contributed by atoms with Crippen molar-refractivity contribution in [3.05, 3.63) is 12.0 Å². The van der Waals surface area contributed by atoms with Crippen molar-refractivity contribution >= 4 is 5.91 Å². The molecule has 1 atom stereocenters. The highest BCUT2D eigenvalue weighted by molar-refractivity contribution is 5.91. The van der Waals surface area contributed by atoms with Crippen LogP contribution in [-0.2, 0) is 14.3 Å². The number of carbonyl (C=O) groups excluding carboxylic acids is 1. The van der Waals surface area contributed by atoms with Gasteiger partial charge in [0.25, 0.3) is 5.91 Å². The zero-order valence-electron chi connectivity index (χ0n) is 8.52. The number of aliphatic hydroxyl groups is 1. The van der Waals surface area contributed by atoms with Gasteiger partial charge in [0.2, 0.25) is 5.76 Å². The molecule has 1 fully saturated rings. The summed E-state index contributed by atoms with van der Waals surface area (Å²) in [7, 11) is 0. The van der Waals surface area contributed by atoms with Crippen LogP contribution in [0.25, 0.3) is 0 Å². The predicted octanol–water partition coefficient (Wildman–Crippen LogP) is -0.285. The average molecular weight is 213 g/mol. The van der Waals surface area contributed by atoms with E-state index >= 15 is 0 Å². The molecule has 2 aliphatic heterocycles. The summed E-state index contributed by atoms with van der Waals surface area (Å²) in [5.74, 6) is 0.351. The fraction of sp³-hybridized carbons (Fsp3) is 0.700. The highest BCUT2D eigenvalue weighted by atomic mass is 16.6. The Labute approximate surface area is 88.3 Å². The second-order valence-electron chi connectivity index (χ2n) is 3.79. The monoisotopic (exact) mass is 213 g/mol. The van der Waals surface area contributed by atoms with Gasteiger partial charge in [-0.15, -0.1) is 0 Å². The maximum Gasteiger partial charge on any atom is 0.292 e. The Balaban J connectivity index is 1.93. The molecule has 5 heteroatoms. The molecule has 1 saturated heterocycles. The van der Waals surface area contributed by atoms with Crippen molar-refractivity contribution < 1.29 is 19.4 Å². The van der Waals surface area contributed by atoms with Gasteiger partial charge in [-0.25, -0.2) is 0 Å². The lowest BCUT2D eigenvalue weighted by Crippen LogP contribution is -2.32. The number of carbonyl (C=O) groups is 1. The Morgan fingerprint density at radius 2 is 2.47 bits per heavy atom. The van der Waals surface area contributed by atoms with Gasteiger partial charge in [-0.05, 0) is 6.42 Å². The van der Waals surface area contributed by atoms with Crippen LogP contribution in [-0.4, -0.2) is 48.8 Å². The third-order valence-corrected chi connectivity index (χ3v) is 2.69. The summed E-state index contributed by atoms with van der Waals surface area (Å²) in [6.07, 6.45) is 2.23. The van der Waals surface area contributed by atoms with Crippen molar-refractivity contribution in [1.82, 2.24) is 4.90 Å². The third-order valence-electron chi connectivity index (χ3n) is 2.69. The van der Waals surface area contributed by atoms with E-state index in [4.69, 9.17) is 14.6 Å².